The molecule has 4 rings (SSSR count). The van der Waals surface area contributed by atoms with Crippen molar-refractivity contribution in [2.75, 3.05) is 0 Å². The summed E-state index contributed by atoms with van der Waals surface area (Å²) in [7, 11) is 0. The summed E-state index contributed by atoms with van der Waals surface area (Å²) in [6.07, 6.45) is 1.81. The zero-order chi connectivity index (χ0) is 23.0. The Hall–Kier alpha value is -4.12. The van der Waals surface area contributed by atoms with E-state index in [4.69, 9.17) is 4.42 Å². The molecule has 2 unspecified atom stereocenters. The van der Waals surface area contributed by atoms with Gasteiger partial charge in [-0.25, -0.2) is 0 Å². The van der Waals surface area contributed by atoms with E-state index in [1.807, 2.05) is 79.7 Å². The van der Waals surface area contributed by atoms with Crippen LogP contribution in [-0.2, 0) is 11.2 Å². The van der Waals surface area contributed by atoms with Crippen molar-refractivity contribution in [2.45, 2.75) is 25.4 Å². The molecule has 5 heteroatoms. The second-order valence-corrected chi connectivity index (χ2v) is 7.91. The summed E-state index contributed by atoms with van der Waals surface area (Å²) in [6.45, 7) is 1.93. The molecule has 0 aliphatic rings. The zero-order valence-electron chi connectivity index (χ0n) is 18.4. The van der Waals surface area contributed by atoms with Crippen LogP contribution in [0.15, 0.2) is 108 Å². The maximum atomic E-state index is 13.2. The van der Waals surface area contributed by atoms with E-state index in [2.05, 4.69) is 22.8 Å². The van der Waals surface area contributed by atoms with Crippen LogP contribution in [0.25, 0.3) is 11.1 Å². The largest absolute Gasteiger partial charge is 0.459 e. The Labute approximate surface area is 193 Å². The van der Waals surface area contributed by atoms with Crippen molar-refractivity contribution in [3.63, 3.8) is 0 Å². The minimum atomic E-state index is -0.740. The monoisotopic (exact) mass is 438 g/mol. The summed E-state index contributed by atoms with van der Waals surface area (Å²) in [5.41, 5.74) is 4.20. The molecule has 166 valence electrons. The molecule has 5 nitrogen and oxygen atoms in total. The van der Waals surface area contributed by atoms with E-state index in [1.165, 1.54) is 6.26 Å². The minimum Gasteiger partial charge on any atom is -0.459 e. The van der Waals surface area contributed by atoms with Crippen molar-refractivity contribution in [2.24, 2.45) is 0 Å². The fraction of sp³-hybridized carbons (Fsp3) is 0.143. The molecule has 1 aromatic heterocycles. The maximum absolute atomic E-state index is 13.2. The summed E-state index contributed by atoms with van der Waals surface area (Å²) in [5, 5.41) is 5.85. The number of rotatable bonds is 8. The first-order valence-corrected chi connectivity index (χ1v) is 10.9. The second-order valence-electron chi connectivity index (χ2n) is 7.91. The molecule has 0 aliphatic heterocycles. The molecule has 0 spiro atoms. The van der Waals surface area contributed by atoms with E-state index in [1.54, 1.807) is 12.1 Å². The molecule has 33 heavy (non-hydrogen) atoms. The first-order chi connectivity index (χ1) is 16.1. The van der Waals surface area contributed by atoms with Crippen molar-refractivity contribution in [1.29, 1.82) is 0 Å². The van der Waals surface area contributed by atoms with Crippen molar-refractivity contribution < 1.29 is 14.0 Å². The van der Waals surface area contributed by atoms with Gasteiger partial charge < -0.3 is 15.1 Å². The van der Waals surface area contributed by atoms with Crippen LogP contribution < -0.4 is 10.6 Å². The van der Waals surface area contributed by atoms with Crippen LogP contribution in [0.5, 0.6) is 0 Å². The van der Waals surface area contributed by atoms with Gasteiger partial charge in [0.25, 0.3) is 5.91 Å². The van der Waals surface area contributed by atoms with Gasteiger partial charge in [0.1, 0.15) is 6.04 Å². The lowest BCUT2D eigenvalue weighted by Crippen LogP contribution is -2.48. The molecule has 2 N–H and O–H groups in total. The lowest BCUT2D eigenvalue weighted by Gasteiger charge is -2.22. The Morgan fingerprint density at radius 3 is 2.03 bits per heavy atom. The van der Waals surface area contributed by atoms with Crippen LogP contribution in [0.2, 0.25) is 0 Å². The van der Waals surface area contributed by atoms with Gasteiger partial charge in [0, 0.05) is 6.42 Å². The topological polar surface area (TPSA) is 71.3 Å². The quantitative estimate of drug-likeness (QED) is 0.399. The van der Waals surface area contributed by atoms with Gasteiger partial charge >= 0.3 is 0 Å². The average Bonchev–Trinajstić information content (AvgIpc) is 3.40. The van der Waals surface area contributed by atoms with Gasteiger partial charge in [-0.1, -0.05) is 84.9 Å². The maximum Gasteiger partial charge on any atom is 0.287 e. The fourth-order valence-corrected chi connectivity index (χ4v) is 3.69. The van der Waals surface area contributed by atoms with Crippen LogP contribution in [0.4, 0.5) is 0 Å². The molecule has 0 saturated carbocycles. The van der Waals surface area contributed by atoms with Crippen LogP contribution in [0, 0.1) is 0 Å². The number of carbonyl (C=O) groups excluding carboxylic acids is 2. The molecule has 2 amide bonds. The zero-order valence-corrected chi connectivity index (χ0v) is 18.4. The van der Waals surface area contributed by atoms with E-state index in [0.717, 1.165) is 22.3 Å². The number of carbonyl (C=O) groups is 2. The van der Waals surface area contributed by atoms with Crippen molar-refractivity contribution in [1.82, 2.24) is 10.6 Å². The molecule has 0 bridgehead atoms. The number of nitrogens with one attached hydrogen (secondary N) is 2. The van der Waals surface area contributed by atoms with E-state index in [9.17, 15) is 9.59 Å². The normalized spacial score (nSPS) is 12.5. The lowest BCUT2D eigenvalue weighted by molar-refractivity contribution is -0.123. The number of furan rings is 1. The van der Waals surface area contributed by atoms with E-state index in [0.29, 0.717) is 6.42 Å². The number of benzene rings is 3. The Balaban J connectivity index is 1.46. The third-order valence-electron chi connectivity index (χ3n) is 5.53. The Morgan fingerprint density at radius 1 is 0.758 bits per heavy atom. The Bertz CT molecular complexity index is 1170. The van der Waals surface area contributed by atoms with Crippen molar-refractivity contribution in [3.8, 4) is 11.1 Å². The smallest absolute Gasteiger partial charge is 0.287 e. The van der Waals surface area contributed by atoms with Gasteiger partial charge in [-0.15, -0.1) is 0 Å². The SMILES string of the molecule is CC(NC(=O)C(Cc1ccccc1)NC(=O)c1ccco1)c1ccc(-c2ccccc2)cc1. The van der Waals surface area contributed by atoms with Gasteiger partial charge in [-0.3, -0.25) is 9.59 Å². The summed E-state index contributed by atoms with van der Waals surface area (Å²) < 4.78 is 5.18. The molecule has 0 fully saturated rings. The van der Waals surface area contributed by atoms with Crippen LogP contribution in [0.1, 0.15) is 34.6 Å². The summed E-state index contributed by atoms with van der Waals surface area (Å²) in [5.74, 6) is -0.500. The molecule has 1 heterocycles. The van der Waals surface area contributed by atoms with Gasteiger partial charge in [-0.2, -0.15) is 0 Å². The lowest BCUT2D eigenvalue weighted by atomic mass is 10.0. The molecule has 4 aromatic rings. The molecule has 0 radical (unpaired) electrons. The highest BCUT2D eigenvalue weighted by Crippen LogP contribution is 2.22. The summed E-state index contributed by atoms with van der Waals surface area (Å²) in [6, 6.07) is 30.1. The van der Waals surface area contributed by atoms with Gasteiger partial charge in [0.05, 0.1) is 12.3 Å². The second kappa shape index (κ2) is 10.5. The van der Waals surface area contributed by atoms with Gasteiger partial charge in [-0.05, 0) is 41.3 Å². The fourth-order valence-electron chi connectivity index (χ4n) is 3.69. The Kier molecular flexibility index (Phi) is 7.00. The minimum absolute atomic E-state index is 0.172. The molecular formula is C28H26N2O3. The molecule has 3 aromatic carbocycles. The summed E-state index contributed by atoms with van der Waals surface area (Å²) in [4.78, 5) is 25.7. The third kappa shape index (κ3) is 5.77. The molecular weight excluding hydrogens is 412 g/mol. The third-order valence-corrected chi connectivity index (χ3v) is 5.53. The van der Waals surface area contributed by atoms with Gasteiger partial charge in [0.2, 0.25) is 5.91 Å². The first kappa shape index (κ1) is 22.1. The number of amides is 2. The number of hydrogen-bond donors (Lipinski definition) is 2. The highest BCUT2D eigenvalue weighted by molar-refractivity contribution is 5.95. The van der Waals surface area contributed by atoms with Crippen LogP contribution in [0.3, 0.4) is 0 Å². The first-order valence-electron chi connectivity index (χ1n) is 10.9. The predicted octanol–water partition coefficient (Wildman–Crippen LogP) is 5.17. The van der Waals surface area contributed by atoms with E-state index in [-0.39, 0.29) is 17.7 Å². The molecule has 0 saturated heterocycles. The van der Waals surface area contributed by atoms with E-state index >= 15 is 0 Å². The summed E-state index contributed by atoms with van der Waals surface area (Å²) >= 11 is 0. The van der Waals surface area contributed by atoms with Crippen molar-refractivity contribution in [3.05, 3.63) is 120 Å². The average molecular weight is 439 g/mol. The Morgan fingerprint density at radius 2 is 1.39 bits per heavy atom. The van der Waals surface area contributed by atoms with Crippen molar-refractivity contribution >= 4 is 11.8 Å². The van der Waals surface area contributed by atoms with Crippen LogP contribution >= 0.6 is 0 Å². The highest BCUT2D eigenvalue weighted by atomic mass is 16.3. The molecule has 0 aliphatic carbocycles. The molecule has 2 atom stereocenters. The van der Waals surface area contributed by atoms with Crippen LogP contribution in [-0.4, -0.2) is 17.9 Å². The number of hydrogen-bond acceptors (Lipinski definition) is 3. The van der Waals surface area contributed by atoms with E-state index < -0.39 is 11.9 Å². The highest BCUT2D eigenvalue weighted by Gasteiger charge is 2.24. The van der Waals surface area contributed by atoms with Gasteiger partial charge in [0.15, 0.2) is 5.76 Å². The predicted molar refractivity (Wildman–Crippen MR) is 129 cm³/mol. The standard InChI is InChI=1S/C28H26N2O3/c1-20(22-14-16-24(17-15-22)23-11-6-3-7-12-23)29-27(31)25(19-21-9-4-2-5-10-21)30-28(32)26-13-8-18-33-26/h2-18,20,25H,19H2,1H3,(H,29,31)(H,30,32).